The Morgan fingerprint density at radius 2 is 1.72 bits per heavy atom. The second kappa shape index (κ2) is 17.0. The monoisotopic (exact) mass is 665 g/mol. The molecule has 6 unspecified atom stereocenters. The van der Waals surface area contributed by atoms with Crippen LogP contribution in [-0.4, -0.2) is 65.7 Å². The molecule has 0 heterocycles. The van der Waals surface area contributed by atoms with Crippen LogP contribution in [0.4, 0.5) is 0 Å². The SMILES string of the molecule is CC(=O)O.CCNCCCN.CCOC12CCC(O)[C@@H](C)C3CCC4C(=CC[C@@]5(C)C[C@@](C)([C@H](C)C(C)C)CCC45C)C31C2.O=CO. The van der Waals surface area contributed by atoms with E-state index in [1.165, 1.54) is 44.9 Å². The summed E-state index contributed by atoms with van der Waals surface area (Å²) in [5.74, 6) is 2.38. The maximum absolute atomic E-state index is 11.0. The number of aliphatic carboxylic acids is 1. The third kappa shape index (κ3) is 8.29. The number of hydrogen-bond acceptors (Lipinski definition) is 6. The number of nitrogens with two attached hydrogens (primary N) is 1. The smallest absolute Gasteiger partial charge is 0.300 e. The first-order valence-corrected chi connectivity index (χ1v) is 18.7. The van der Waals surface area contributed by atoms with Gasteiger partial charge in [-0.2, -0.15) is 0 Å². The van der Waals surface area contributed by atoms with Gasteiger partial charge in [-0.25, -0.2) is 0 Å². The van der Waals surface area contributed by atoms with Crippen molar-refractivity contribution in [2.75, 3.05) is 26.2 Å². The molecule has 0 amide bonds. The van der Waals surface area contributed by atoms with Crippen LogP contribution in [-0.2, 0) is 14.3 Å². The van der Waals surface area contributed by atoms with Crippen LogP contribution in [0.25, 0.3) is 0 Å². The van der Waals surface area contributed by atoms with Gasteiger partial charge in [-0.1, -0.05) is 67.0 Å². The van der Waals surface area contributed by atoms with E-state index in [2.05, 4.69) is 73.7 Å². The third-order valence-corrected chi connectivity index (χ3v) is 13.9. The Balaban J connectivity index is 0.000000465. The van der Waals surface area contributed by atoms with Gasteiger partial charge in [0.05, 0.1) is 11.7 Å². The van der Waals surface area contributed by atoms with Crippen LogP contribution in [0.5, 0.6) is 0 Å². The van der Waals surface area contributed by atoms with Crippen molar-refractivity contribution < 1.29 is 29.6 Å². The average Bonchev–Trinajstić information content (AvgIpc) is 3.65. The normalized spacial score (nSPS) is 40.3. The van der Waals surface area contributed by atoms with E-state index in [9.17, 15) is 5.11 Å². The molecule has 1 spiro atoms. The topological polar surface area (TPSA) is 142 Å². The van der Waals surface area contributed by atoms with Crippen molar-refractivity contribution in [2.45, 2.75) is 145 Å². The minimum atomic E-state index is -0.833. The van der Waals surface area contributed by atoms with Crippen LogP contribution in [0, 0.1) is 51.2 Å². The van der Waals surface area contributed by atoms with Crippen LogP contribution < -0.4 is 11.1 Å². The number of aliphatic hydroxyl groups excluding tert-OH is 1. The second-order valence-corrected chi connectivity index (χ2v) is 16.6. The van der Waals surface area contributed by atoms with Gasteiger partial charge in [0.1, 0.15) is 0 Å². The molecular weight excluding hydrogens is 592 g/mol. The molecule has 5 aliphatic rings. The summed E-state index contributed by atoms with van der Waals surface area (Å²) in [7, 11) is 0. The van der Waals surface area contributed by atoms with Gasteiger partial charge in [-0.3, -0.25) is 9.59 Å². The van der Waals surface area contributed by atoms with Crippen LogP contribution in [0.2, 0.25) is 0 Å². The van der Waals surface area contributed by atoms with Gasteiger partial charge in [0.2, 0.25) is 0 Å². The van der Waals surface area contributed by atoms with Crippen molar-refractivity contribution in [2.24, 2.45) is 57.0 Å². The van der Waals surface area contributed by atoms with Crippen molar-refractivity contribution in [3.8, 4) is 0 Å². The van der Waals surface area contributed by atoms with E-state index in [4.69, 9.17) is 30.3 Å². The first kappa shape index (κ1) is 41.7. The van der Waals surface area contributed by atoms with Crippen LogP contribution >= 0.6 is 0 Å². The molecule has 0 aliphatic heterocycles. The molecule has 0 aromatic heterocycles. The number of ether oxygens (including phenoxy) is 1. The van der Waals surface area contributed by atoms with Crippen molar-refractivity contribution >= 4 is 12.4 Å². The minimum absolute atomic E-state index is 0.00208. The molecular formula is C39H72N2O6. The van der Waals surface area contributed by atoms with E-state index in [0.29, 0.717) is 34.0 Å². The number of nitrogens with one attached hydrogen (secondary N) is 1. The fourth-order valence-corrected chi connectivity index (χ4v) is 10.8. The van der Waals surface area contributed by atoms with Crippen molar-refractivity contribution in [3.63, 3.8) is 0 Å². The highest BCUT2D eigenvalue weighted by molar-refractivity contribution is 5.63. The summed E-state index contributed by atoms with van der Waals surface area (Å²) in [6, 6.07) is 0. The minimum Gasteiger partial charge on any atom is -0.483 e. The van der Waals surface area contributed by atoms with Gasteiger partial charge in [-0.15, -0.1) is 0 Å². The van der Waals surface area contributed by atoms with Crippen LogP contribution in [0.1, 0.15) is 133 Å². The highest BCUT2D eigenvalue weighted by atomic mass is 16.5. The number of allylic oxidation sites excluding steroid dienone is 1. The molecule has 0 saturated heterocycles. The number of rotatable bonds is 8. The molecule has 5 aliphatic carbocycles. The molecule has 47 heavy (non-hydrogen) atoms. The molecule has 6 N–H and O–H groups in total. The number of aliphatic hydroxyl groups is 1. The molecule has 8 heteroatoms. The highest BCUT2D eigenvalue weighted by Gasteiger charge is 2.78. The molecule has 0 radical (unpaired) electrons. The molecule has 4 saturated carbocycles. The molecule has 0 aromatic carbocycles. The maximum atomic E-state index is 11.0. The van der Waals surface area contributed by atoms with E-state index in [1.807, 2.05) is 0 Å². The summed E-state index contributed by atoms with van der Waals surface area (Å²) in [5.41, 5.74) is 8.46. The molecule has 4 fully saturated rings. The Hall–Kier alpha value is -1.48. The van der Waals surface area contributed by atoms with Gasteiger partial charge in [-0.05, 0) is 137 Å². The Kier molecular flexibility index (Phi) is 15.0. The lowest BCUT2D eigenvalue weighted by atomic mass is 9.40. The third-order valence-electron chi connectivity index (χ3n) is 13.9. The number of carbonyl (C=O) groups is 2. The zero-order valence-electron chi connectivity index (χ0n) is 31.7. The first-order valence-electron chi connectivity index (χ1n) is 18.7. The second-order valence-electron chi connectivity index (χ2n) is 16.6. The van der Waals surface area contributed by atoms with Crippen molar-refractivity contribution in [1.29, 1.82) is 0 Å². The van der Waals surface area contributed by atoms with E-state index in [-0.39, 0.29) is 23.6 Å². The van der Waals surface area contributed by atoms with Gasteiger partial charge in [0.25, 0.3) is 12.4 Å². The molecule has 0 bridgehead atoms. The molecule has 274 valence electrons. The van der Waals surface area contributed by atoms with Crippen molar-refractivity contribution in [1.82, 2.24) is 5.32 Å². The lowest BCUT2D eigenvalue weighted by Gasteiger charge is -2.65. The fraction of sp³-hybridized carbons (Fsp3) is 0.897. The summed E-state index contributed by atoms with van der Waals surface area (Å²) in [6.07, 6.45) is 14.8. The lowest BCUT2D eigenvalue weighted by molar-refractivity contribution is -0.134. The zero-order valence-corrected chi connectivity index (χ0v) is 31.7. The quantitative estimate of drug-likeness (QED) is 0.102. The van der Waals surface area contributed by atoms with Crippen LogP contribution in [0.15, 0.2) is 11.6 Å². The predicted molar refractivity (Wildman–Crippen MR) is 191 cm³/mol. The first-order chi connectivity index (χ1) is 22.0. The van der Waals surface area contributed by atoms with E-state index < -0.39 is 5.97 Å². The zero-order chi connectivity index (χ0) is 35.8. The summed E-state index contributed by atoms with van der Waals surface area (Å²) in [4.78, 5) is 17.4. The van der Waals surface area contributed by atoms with Gasteiger partial charge >= 0.3 is 0 Å². The van der Waals surface area contributed by atoms with Crippen LogP contribution in [0.3, 0.4) is 0 Å². The lowest BCUT2D eigenvalue weighted by Crippen LogP contribution is -2.57. The van der Waals surface area contributed by atoms with E-state index in [0.717, 1.165) is 64.3 Å². The molecule has 5 rings (SSSR count). The van der Waals surface area contributed by atoms with Crippen molar-refractivity contribution in [3.05, 3.63) is 11.6 Å². The average molecular weight is 665 g/mol. The Labute approximate surface area is 287 Å². The number of carboxylic acids is 1. The standard InChI is InChI=1S/C31H52O2.C5H14N2.C2H4O2.CH2O2/c1-9-33-30-15-13-26(32)21(4)23-10-11-24-25(31(23,30)19-30)12-14-28(7)18-27(6,22(5)20(2)3)16-17-29(24,28)8;1-2-7-5-3-4-6;1-2(3)4;2-1-3/h12,20-24,26,32H,9-11,13-19H2,1-8H3;7H,2-6H2,1H3;1H3,(H,3,4);1H,(H,2,3)/t21-,22+,23?,24?,26?,27-,28-,29?,30?,31?;;;/m0.../s1. The largest absolute Gasteiger partial charge is 0.483 e. The van der Waals surface area contributed by atoms with E-state index in [1.54, 1.807) is 5.57 Å². The summed E-state index contributed by atoms with van der Waals surface area (Å²) in [5, 5.41) is 28.4. The summed E-state index contributed by atoms with van der Waals surface area (Å²) < 4.78 is 6.66. The molecule has 10 atom stereocenters. The fourth-order valence-electron chi connectivity index (χ4n) is 10.8. The Morgan fingerprint density at radius 1 is 1.11 bits per heavy atom. The Bertz CT molecular complexity index is 1040. The Morgan fingerprint density at radius 3 is 2.26 bits per heavy atom. The molecule has 8 nitrogen and oxygen atoms in total. The number of hydrogen-bond donors (Lipinski definition) is 5. The maximum Gasteiger partial charge on any atom is 0.300 e. The highest BCUT2D eigenvalue weighted by Crippen LogP contribution is 2.80. The van der Waals surface area contributed by atoms with Gasteiger partial charge in [0.15, 0.2) is 0 Å². The van der Waals surface area contributed by atoms with Gasteiger partial charge in [0, 0.05) is 18.9 Å². The summed E-state index contributed by atoms with van der Waals surface area (Å²) in [6.45, 7) is 26.5. The predicted octanol–water partition coefficient (Wildman–Crippen LogP) is 7.53. The number of carboxylic acid groups (broad SMARTS) is 2. The summed E-state index contributed by atoms with van der Waals surface area (Å²) >= 11 is 0. The number of fused-ring (bicyclic) bond motifs is 3. The molecule has 0 aromatic rings. The van der Waals surface area contributed by atoms with E-state index >= 15 is 0 Å². The van der Waals surface area contributed by atoms with Gasteiger partial charge < -0.3 is 31.1 Å².